The van der Waals surface area contributed by atoms with Gasteiger partial charge in [0.05, 0.1) is 7.05 Å². The summed E-state index contributed by atoms with van der Waals surface area (Å²) in [6.07, 6.45) is 16.1. The number of quaternary nitrogens is 1. The van der Waals surface area contributed by atoms with Crippen molar-refractivity contribution in [2.75, 3.05) is 30.9 Å². The van der Waals surface area contributed by atoms with Gasteiger partial charge in [0.2, 0.25) is 0 Å². The standard InChI is InChI=1S/C26H41N5/c1-19(13-15-26(5)21(3)11-8-12-22(26)4)9-7-10-20(2)14-16-31-18-30(6)25-23(31)24(27)28-17-29-25/h9,11,14,17,22H,7-8,10,12-13,15-16,18H2,1-6H3,(H2,27,28,29)/p+1/b19-9+,20-14+/t22-,26-/m0/s1. The molecule has 3 rings (SSSR count). The smallest absolute Gasteiger partial charge is 0.256 e. The van der Waals surface area contributed by atoms with Crippen LogP contribution in [0.3, 0.4) is 0 Å². The van der Waals surface area contributed by atoms with Crippen LogP contribution in [0.2, 0.25) is 0 Å². The number of hydrogen-bond acceptors (Lipinski definition) is 4. The topological polar surface area (TPSA) is 59.5 Å². The summed E-state index contributed by atoms with van der Waals surface area (Å²) in [5.74, 6) is 2.37. The third kappa shape index (κ3) is 5.38. The number of hydrogen-bond donors (Lipinski definition) is 2. The van der Waals surface area contributed by atoms with E-state index in [9.17, 15) is 0 Å². The lowest BCUT2D eigenvalue weighted by molar-refractivity contribution is -0.805. The molecule has 1 aliphatic heterocycles. The van der Waals surface area contributed by atoms with Crippen molar-refractivity contribution in [3.63, 3.8) is 0 Å². The Morgan fingerprint density at radius 2 is 2.00 bits per heavy atom. The van der Waals surface area contributed by atoms with Crippen molar-refractivity contribution in [3.05, 3.63) is 41.3 Å². The molecule has 1 aliphatic carbocycles. The molecule has 5 nitrogen and oxygen atoms in total. The van der Waals surface area contributed by atoms with Crippen LogP contribution in [0.25, 0.3) is 0 Å². The zero-order valence-corrected chi connectivity index (χ0v) is 20.5. The second kappa shape index (κ2) is 9.99. The van der Waals surface area contributed by atoms with E-state index in [1.165, 1.54) is 41.7 Å². The summed E-state index contributed by atoms with van der Waals surface area (Å²) in [7, 11) is 2.13. The normalized spacial score (nSPS) is 26.8. The molecule has 2 aliphatic rings. The zero-order chi connectivity index (χ0) is 22.6. The monoisotopic (exact) mass is 424 g/mol. The molecular weight excluding hydrogens is 382 g/mol. The Balaban J connectivity index is 1.48. The van der Waals surface area contributed by atoms with Crippen LogP contribution in [0.1, 0.15) is 73.1 Å². The molecule has 0 saturated carbocycles. The average Bonchev–Trinajstić information content (AvgIpc) is 3.06. The lowest BCUT2D eigenvalue weighted by Crippen LogP contribution is -3.03. The SMILES string of the molecule is CC1=CCC[C@H](C)[C@@]1(C)CC/C(C)=C/CC/C(C)=C/CN1C[NH+](C)c2ncnc(N)c21. The molecular formula is C26H42N5+. The van der Waals surface area contributed by atoms with Gasteiger partial charge in [0.1, 0.15) is 6.33 Å². The van der Waals surface area contributed by atoms with Crippen molar-refractivity contribution in [1.29, 1.82) is 0 Å². The van der Waals surface area contributed by atoms with E-state index in [0.717, 1.165) is 43.5 Å². The fourth-order valence-corrected chi connectivity index (χ4v) is 5.02. The van der Waals surface area contributed by atoms with Crippen molar-refractivity contribution in [3.8, 4) is 0 Å². The highest BCUT2D eigenvalue weighted by atomic mass is 15.4. The summed E-state index contributed by atoms with van der Waals surface area (Å²) in [4.78, 5) is 12.1. The van der Waals surface area contributed by atoms with Gasteiger partial charge in [-0.1, -0.05) is 48.8 Å². The Kier molecular flexibility index (Phi) is 7.58. The van der Waals surface area contributed by atoms with Crippen LogP contribution >= 0.6 is 0 Å². The fraction of sp³-hybridized carbons (Fsp3) is 0.615. The highest BCUT2D eigenvalue weighted by Gasteiger charge is 2.34. The van der Waals surface area contributed by atoms with Crippen LogP contribution in [0.15, 0.2) is 41.3 Å². The van der Waals surface area contributed by atoms with Gasteiger partial charge in [0, 0.05) is 6.54 Å². The molecule has 0 radical (unpaired) electrons. The van der Waals surface area contributed by atoms with Crippen LogP contribution in [0.5, 0.6) is 0 Å². The van der Waals surface area contributed by atoms with Crippen molar-refractivity contribution in [2.45, 2.75) is 73.1 Å². The molecule has 0 bridgehead atoms. The van der Waals surface area contributed by atoms with Gasteiger partial charge in [-0.25, -0.2) is 4.98 Å². The first-order valence-electron chi connectivity index (χ1n) is 11.9. The largest absolute Gasteiger partial charge is 0.382 e. The molecule has 0 aromatic carbocycles. The van der Waals surface area contributed by atoms with Crippen LogP contribution < -0.4 is 15.5 Å². The minimum absolute atomic E-state index is 0.371. The first-order valence-corrected chi connectivity index (χ1v) is 11.9. The molecule has 3 atom stereocenters. The number of aromatic nitrogens is 2. The molecule has 0 spiro atoms. The summed E-state index contributed by atoms with van der Waals surface area (Å²) >= 11 is 0. The van der Waals surface area contributed by atoms with Gasteiger partial charge in [-0.05, 0) is 70.6 Å². The van der Waals surface area contributed by atoms with Gasteiger partial charge in [-0.3, -0.25) is 4.90 Å². The Hall–Kier alpha value is -2.14. The molecule has 0 amide bonds. The molecule has 31 heavy (non-hydrogen) atoms. The first-order chi connectivity index (χ1) is 14.7. The summed E-state index contributed by atoms with van der Waals surface area (Å²) in [5.41, 5.74) is 12.0. The Morgan fingerprint density at radius 1 is 1.26 bits per heavy atom. The first kappa shape index (κ1) is 23.5. The minimum Gasteiger partial charge on any atom is -0.382 e. The zero-order valence-electron chi connectivity index (χ0n) is 20.5. The van der Waals surface area contributed by atoms with Crippen LogP contribution in [-0.2, 0) is 0 Å². The highest BCUT2D eigenvalue weighted by Crippen LogP contribution is 2.45. The predicted octanol–water partition coefficient (Wildman–Crippen LogP) is 4.82. The van der Waals surface area contributed by atoms with E-state index in [1.807, 2.05) is 0 Å². The van der Waals surface area contributed by atoms with Crippen LogP contribution in [0.4, 0.5) is 17.3 Å². The maximum atomic E-state index is 6.12. The van der Waals surface area contributed by atoms with Gasteiger partial charge in [0.25, 0.3) is 5.82 Å². The maximum Gasteiger partial charge on any atom is 0.256 e. The van der Waals surface area contributed by atoms with Gasteiger partial charge in [-0.15, -0.1) is 0 Å². The molecule has 1 unspecified atom stereocenters. The second-order valence-electron chi connectivity index (χ2n) is 10.0. The Labute approximate surface area is 189 Å². The third-order valence-electron chi connectivity index (χ3n) is 7.77. The quantitative estimate of drug-likeness (QED) is 0.588. The molecule has 0 saturated heterocycles. The number of nitrogens with two attached hydrogens (primary N) is 1. The van der Waals surface area contributed by atoms with Crippen molar-refractivity contribution < 1.29 is 4.90 Å². The van der Waals surface area contributed by atoms with E-state index in [-0.39, 0.29) is 0 Å². The van der Waals surface area contributed by atoms with E-state index in [0.29, 0.717) is 11.2 Å². The number of rotatable bonds is 8. The lowest BCUT2D eigenvalue weighted by Gasteiger charge is -2.40. The van der Waals surface area contributed by atoms with E-state index >= 15 is 0 Å². The number of nitrogens with one attached hydrogen (secondary N) is 1. The Bertz CT molecular complexity index is 869. The van der Waals surface area contributed by atoms with E-state index in [1.54, 1.807) is 11.9 Å². The van der Waals surface area contributed by atoms with Gasteiger partial charge in [-0.2, -0.15) is 4.98 Å². The molecule has 0 fully saturated rings. The Morgan fingerprint density at radius 3 is 2.74 bits per heavy atom. The lowest BCUT2D eigenvalue weighted by atomic mass is 9.65. The van der Waals surface area contributed by atoms with Crippen LogP contribution in [-0.4, -0.2) is 30.2 Å². The second-order valence-corrected chi connectivity index (χ2v) is 10.0. The predicted molar refractivity (Wildman–Crippen MR) is 131 cm³/mol. The number of anilines is 2. The van der Waals surface area contributed by atoms with Gasteiger partial charge in [0.15, 0.2) is 18.2 Å². The van der Waals surface area contributed by atoms with Crippen molar-refractivity contribution in [2.24, 2.45) is 11.3 Å². The van der Waals surface area contributed by atoms with E-state index in [2.05, 4.69) is 74.8 Å². The maximum absolute atomic E-state index is 6.12. The molecule has 2 heterocycles. The molecule has 3 N–H and O–H groups in total. The number of allylic oxidation sites excluding steroid dienone is 5. The van der Waals surface area contributed by atoms with Gasteiger partial charge < -0.3 is 10.6 Å². The fourth-order valence-electron chi connectivity index (χ4n) is 5.02. The third-order valence-corrected chi connectivity index (χ3v) is 7.77. The molecule has 1 aromatic heterocycles. The molecule has 5 heteroatoms. The van der Waals surface area contributed by atoms with Crippen molar-refractivity contribution in [1.82, 2.24) is 9.97 Å². The minimum atomic E-state index is 0.371. The van der Waals surface area contributed by atoms with Gasteiger partial charge >= 0.3 is 0 Å². The number of fused-ring (bicyclic) bond motifs is 1. The average molecular weight is 425 g/mol. The summed E-state index contributed by atoms with van der Waals surface area (Å²) < 4.78 is 0. The summed E-state index contributed by atoms with van der Waals surface area (Å²) in [6.45, 7) is 13.5. The van der Waals surface area contributed by atoms with Crippen LogP contribution in [0, 0.1) is 11.3 Å². The number of nitrogen functional groups attached to an aromatic ring is 1. The molecule has 1 aromatic rings. The highest BCUT2D eigenvalue weighted by molar-refractivity contribution is 5.73. The number of nitrogens with zero attached hydrogens (tertiary/aromatic N) is 3. The van der Waals surface area contributed by atoms with E-state index < -0.39 is 0 Å². The van der Waals surface area contributed by atoms with E-state index in [4.69, 9.17) is 5.73 Å². The van der Waals surface area contributed by atoms with Crippen molar-refractivity contribution >= 4 is 17.3 Å². The summed E-state index contributed by atoms with van der Waals surface area (Å²) in [6, 6.07) is 0. The molecule has 170 valence electrons. The summed E-state index contributed by atoms with van der Waals surface area (Å²) in [5, 5.41) is 0.